The van der Waals surface area contributed by atoms with Crippen molar-refractivity contribution in [2.24, 2.45) is 4.99 Å². The summed E-state index contributed by atoms with van der Waals surface area (Å²) in [5.74, 6) is -1.86. The maximum Gasteiger partial charge on any atom is 0.323 e. The van der Waals surface area contributed by atoms with Gasteiger partial charge in [-0.25, -0.2) is 4.39 Å². The zero-order valence-corrected chi connectivity index (χ0v) is 29.8. The number of aliphatic hydroxyl groups is 2. The highest BCUT2D eigenvalue weighted by Crippen LogP contribution is 2.43. The molecular formula is C39H43FN4O9. The molecule has 0 fully saturated rings. The van der Waals surface area contributed by atoms with E-state index in [1.165, 1.54) is 21.9 Å². The number of aliphatic carboxylic acids is 2. The summed E-state index contributed by atoms with van der Waals surface area (Å²) in [6, 6.07) is 20.8. The summed E-state index contributed by atoms with van der Waals surface area (Å²) in [5, 5.41) is 40.0. The first-order valence-electron chi connectivity index (χ1n) is 17.1. The van der Waals surface area contributed by atoms with Crippen LogP contribution in [0, 0.1) is 5.82 Å². The van der Waals surface area contributed by atoms with E-state index < -0.39 is 30.8 Å². The second kappa shape index (κ2) is 17.6. The Kier molecular flexibility index (Phi) is 12.7. The van der Waals surface area contributed by atoms with Gasteiger partial charge in [-0.3, -0.25) is 14.6 Å². The third-order valence-electron chi connectivity index (χ3n) is 8.39. The van der Waals surface area contributed by atoms with Crippen molar-refractivity contribution in [2.45, 2.75) is 6.92 Å². The number of rotatable bonds is 18. The Labute approximate surface area is 305 Å². The van der Waals surface area contributed by atoms with Gasteiger partial charge in [-0.15, -0.1) is 0 Å². The molecule has 0 spiro atoms. The average molecular weight is 731 g/mol. The van der Waals surface area contributed by atoms with Crippen LogP contribution >= 0.6 is 0 Å². The first kappa shape index (κ1) is 38.4. The quantitative estimate of drug-likeness (QED) is 0.0734. The summed E-state index contributed by atoms with van der Waals surface area (Å²) < 4.78 is 32.9. The van der Waals surface area contributed by atoms with Gasteiger partial charge in [-0.05, 0) is 61.0 Å². The van der Waals surface area contributed by atoms with E-state index in [0.29, 0.717) is 29.3 Å². The number of benzene rings is 4. The lowest BCUT2D eigenvalue weighted by Crippen LogP contribution is -2.33. The number of carboxylic acid groups (broad SMARTS) is 2. The van der Waals surface area contributed by atoms with Gasteiger partial charge in [0.05, 0.1) is 29.9 Å². The minimum atomic E-state index is -1.14. The molecule has 280 valence electrons. The molecular weight excluding hydrogens is 687 g/mol. The number of carboxylic acids is 2. The van der Waals surface area contributed by atoms with Crippen LogP contribution in [0.3, 0.4) is 0 Å². The topological polar surface area (TPSA) is 169 Å². The molecule has 53 heavy (non-hydrogen) atoms. The van der Waals surface area contributed by atoms with Crippen LogP contribution in [0.5, 0.6) is 11.5 Å². The Balaban J connectivity index is 1.57. The molecule has 5 rings (SSSR count). The van der Waals surface area contributed by atoms with Crippen LogP contribution in [0.4, 0.5) is 21.5 Å². The average Bonchev–Trinajstić information content (AvgIpc) is 3.11. The third kappa shape index (κ3) is 9.33. The zero-order chi connectivity index (χ0) is 38.1. The second-order valence-electron chi connectivity index (χ2n) is 12.3. The molecule has 13 nitrogen and oxygen atoms in total. The summed E-state index contributed by atoms with van der Waals surface area (Å²) >= 11 is 0. The van der Waals surface area contributed by atoms with Crippen LogP contribution in [-0.4, -0.2) is 106 Å². The number of anilines is 3. The largest absolute Gasteiger partial charge is 0.488 e. The van der Waals surface area contributed by atoms with Crippen molar-refractivity contribution in [1.29, 1.82) is 0 Å². The fraction of sp³-hybridized carbons (Fsp3) is 0.308. The van der Waals surface area contributed by atoms with Crippen LogP contribution in [0.1, 0.15) is 6.92 Å². The molecule has 14 heteroatoms. The van der Waals surface area contributed by atoms with Gasteiger partial charge in [0, 0.05) is 74.1 Å². The number of hydrogen-bond acceptors (Lipinski definition) is 11. The Morgan fingerprint density at radius 3 is 2.00 bits per heavy atom. The predicted molar refractivity (Wildman–Crippen MR) is 200 cm³/mol. The molecule has 4 N–H and O–H groups in total. The molecule has 0 atom stereocenters. The number of fused-ring (bicyclic) bond motifs is 2. The minimum Gasteiger partial charge on any atom is -0.488 e. The van der Waals surface area contributed by atoms with Gasteiger partial charge < -0.3 is 49.0 Å². The van der Waals surface area contributed by atoms with Gasteiger partial charge in [-0.2, -0.15) is 0 Å². The Morgan fingerprint density at radius 2 is 1.42 bits per heavy atom. The van der Waals surface area contributed by atoms with E-state index in [1.807, 2.05) is 68.4 Å². The van der Waals surface area contributed by atoms with Gasteiger partial charge in [0.15, 0.2) is 0 Å². The van der Waals surface area contributed by atoms with Crippen molar-refractivity contribution >= 4 is 40.0 Å². The maximum atomic E-state index is 14.3. The van der Waals surface area contributed by atoms with Gasteiger partial charge in [0.2, 0.25) is 0 Å². The van der Waals surface area contributed by atoms with Crippen molar-refractivity contribution in [3.63, 3.8) is 0 Å². The van der Waals surface area contributed by atoms with Gasteiger partial charge >= 0.3 is 11.9 Å². The summed E-state index contributed by atoms with van der Waals surface area (Å²) in [7, 11) is 3.89. The molecule has 1 heterocycles. The number of ether oxygens (including phenoxy) is 2. The number of carbonyl (C=O) groups is 2. The van der Waals surface area contributed by atoms with E-state index in [-0.39, 0.29) is 51.0 Å². The van der Waals surface area contributed by atoms with Crippen molar-refractivity contribution in [1.82, 2.24) is 0 Å². The number of nitrogens with zero attached hydrogens (tertiary/aromatic N) is 4. The van der Waals surface area contributed by atoms with E-state index in [4.69, 9.17) is 13.9 Å². The standard InChI is InChI=1S/C39H43FN4O9/c1-4-41-27-7-9-29-33(21-27)53-34-22-28(42(2)3)8-10-30(34)39(29)25-5-11-31(43(13-15-45)23-37(47)48)35(19-25)51-17-18-52-36-20-26(40)6-12-32(36)44(14-16-46)24-38(49)50/h5-12,19-22,45-46H,4,13-18,23-24H2,1-3H3,(H,47,48)(H,49,50)/b41-27+. The highest BCUT2D eigenvalue weighted by Gasteiger charge is 2.22. The number of halogens is 1. The molecule has 3 aromatic rings. The highest BCUT2D eigenvalue weighted by atomic mass is 19.1. The van der Waals surface area contributed by atoms with Crippen molar-refractivity contribution in [3.8, 4) is 33.9 Å². The Morgan fingerprint density at radius 1 is 0.792 bits per heavy atom. The van der Waals surface area contributed by atoms with Crippen LogP contribution in [0.15, 0.2) is 82.2 Å². The maximum absolute atomic E-state index is 14.3. The Bertz CT molecular complexity index is 2100. The molecule has 0 saturated heterocycles. The molecule has 0 unspecified atom stereocenters. The molecule has 0 saturated carbocycles. The fourth-order valence-corrected chi connectivity index (χ4v) is 6.09. The molecule has 0 radical (unpaired) electrons. The highest BCUT2D eigenvalue weighted by molar-refractivity contribution is 6.03. The van der Waals surface area contributed by atoms with Crippen LogP contribution in [0.2, 0.25) is 0 Å². The summed E-state index contributed by atoms with van der Waals surface area (Å²) in [6.07, 6.45) is 0. The second-order valence-corrected chi connectivity index (χ2v) is 12.3. The van der Waals surface area contributed by atoms with Crippen molar-refractivity contribution < 1.29 is 48.3 Å². The first-order chi connectivity index (χ1) is 25.5. The van der Waals surface area contributed by atoms with E-state index >= 15 is 0 Å². The monoisotopic (exact) mass is 730 g/mol. The lowest BCUT2D eigenvalue weighted by molar-refractivity contribution is -0.136. The SMILES string of the molecule is CC/N=c1\ccc2c(-c3ccc(N(CCO)CC(=O)O)c(OCCOc4cc(F)ccc4N(CCO)CC(=O)O)c3)c3ccc(N(C)C)cc3oc-2c1. The molecule has 3 aromatic carbocycles. The lowest BCUT2D eigenvalue weighted by atomic mass is 9.93. The zero-order valence-electron chi connectivity index (χ0n) is 29.8. The van der Waals surface area contributed by atoms with Gasteiger partial charge in [0.1, 0.15) is 55.0 Å². The van der Waals surface area contributed by atoms with Crippen LogP contribution in [0.25, 0.3) is 33.4 Å². The molecule has 2 aliphatic rings. The molecule has 0 aromatic heterocycles. The summed E-state index contributed by atoms with van der Waals surface area (Å²) in [5.41, 5.74) is 4.69. The minimum absolute atomic E-state index is 0.0164. The smallest absolute Gasteiger partial charge is 0.323 e. The number of hydrogen-bond donors (Lipinski definition) is 4. The van der Waals surface area contributed by atoms with E-state index in [0.717, 1.165) is 39.2 Å². The van der Waals surface area contributed by atoms with E-state index in [9.17, 15) is 34.4 Å². The normalized spacial score (nSPS) is 11.5. The summed E-state index contributed by atoms with van der Waals surface area (Å²) in [6.45, 7) is 0.878. The van der Waals surface area contributed by atoms with E-state index in [1.54, 1.807) is 12.1 Å². The predicted octanol–water partition coefficient (Wildman–Crippen LogP) is 4.55. The van der Waals surface area contributed by atoms with Crippen LogP contribution < -0.4 is 29.5 Å². The van der Waals surface area contributed by atoms with Gasteiger partial charge in [-0.1, -0.05) is 6.07 Å². The summed E-state index contributed by atoms with van der Waals surface area (Å²) in [4.78, 5) is 32.7. The molecule has 1 aliphatic heterocycles. The molecule has 1 aliphatic carbocycles. The lowest BCUT2D eigenvalue weighted by Gasteiger charge is -2.26. The van der Waals surface area contributed by atoms with Gasteiger partial charge in [0.25, 0.3) is 0 Å². The molecule has 0 amide bonds. The van der Waals surface area contributed by atoms with E-state index in [2.05, 4.69) is 4.99 Å². The fourth-order valence-electron chi connectivity index (χ4n) is 6.09. The molecule has 0 bridgehead atoms. The third-order valence-corrected chi connectivity index (χ3v) is 8.39. The van der Waals surface area contributed by atoms with Crippen molar-refractivity contribution in [2.75, 3.05) is 87.9 Å². The van der Waals surface area contributed by atoms with Crippen LogP contribution in [-0.2, 0) is 9.59 Å². The number of aliphatic hydroxyl groups excluding tert-OH is 2. The van der Waals surface area contributed by atoms with Crippen molar-refractivity contribution in [3.05, 3.63) is 84.0 Å². The first-order valence-corrected chi connectivity index (χ1v) is 17.1. The Hall–Kier alpha value is -5.86.